The van der Waals surface area contributed by atoms with Crippen molar-refractivity contribution in [2.45, 2.75) is 26.9 Å². The molecule has 31 heavy (non-hydrogen) atoms. The number of hydrogen-bond acceptors (Lipinski definition) is 4. The summed E-state index contributed by atoms with van der Waals surface area (Å²) in [5.41, 5.74) is 4.20. The lowest BCUT2D eigenvalue weighted by molar-refractivity contribution is -0.116. The van der Waals surface area contributed by atoms with E-state index >= 15 is 0 Å². The predicted octanol–water partition coefficient (Wildman–Crippen LogP) is 4.97. The molecule has 0 atom stereocenters. The van der Waals surface area contributed by atoms with Gasteiger partial charge in [0, 0.05) is 29.5 Å². The second kappa shape index (κ2) is 10.8. The highest BCUT2D eigenvalue weighted by Crippen LogP contribution is 2.21. The fourth-order valence-electron chi connectivity index (χ4n) is 2.90. The van der Waals surface area contributed by atoms with E-state index in [1.54, 1.807) is 13.0 Å². The van der Waals surface area contributed by atoms with Crippen molar-refractivity contribution in [3.63, 3.8) is 0 Å². The maximum absolute atomic E-state index is 12.4. The van der Waals surface area contributed by atoms with Gasteiger partial charge in [0.25, 0.3) is 0 Å². The zero-order valence-corrected chi connectivity index (χ0v) is 17.8. The fourth-order valence-corrected chi connectivity index (χ4v) is 2.90. The minimum atomic E-state index is -0.181. The number of ether oxygens (including phenoxy) is 1. The van der Waals surface area contributed by atoms with E-state index in [2.05, 4.69) is 16.0 Å². The monoisotopic (exact) mass is 417 g/mol. The summed E-state index contributed by atoms with van der Waals surface area (Å²) < 4.78 is 5.81. The number of hydrogen-bond donors (Lipinski definition) is 3. The van der Waals surface area contributed by atoms with Gasteiger partial charge in [-0.25, -0.2) is 0 Å². The molecule has 0 saturated heterocycles. The number of rotatable bonds is 9. The lowest BCUT2D eigenvalue weighted by Gasteiger charge is -2.12. The number of nitrogens with one attached hydrogen (secondary N) is 3. The third kappa shape index (κ3) is 6.89. The van der Waals surface area contributed by atoms with E-state index in [1.807, 2.05) is 73.7 Å². The maximum Gasteiger partial charge on any atom is 0.243 e. The third-order valence-corrected chi connectivity index (χ3v) is 4.65. The van der Waals surface area contributed by atoms with Gasteiger partial charge in [0.1, 0.15) is 12.4 Å². The van der Waals surface area contributed by atoms with Crippen molar-refractivity contribution in [2.24, 2.45) is 0 Å². The van der Waals surface area contributed by atoms with Gasteiger partial charge in [0.05, 0.1) is 6.54 Å². The Morgan fingerprint density at radius 2 is 1.65 bits per heavy atom. The van der Waals surface area contributed by atoms with E-state index in [0.717, 1.165) is 22.5 Å². The Balaban J connectivity index is 1.53. The average molecular weight is 418 g/mol. The molecule has 0 fully saturated rings. The van der Waals surface area contributed by atoms with Gasteiger partial charge in [-0.2, -0.15) is 0 Å². The van der Waals surface area contributed by atoms with Gasteiger partial charge in [-0.05, 0) is 42.3 Å². The highest BCUT2D eigenvalue weighted by molar-refractivity contribution is 5.94. The van der Waals surface area contributed by atoms with Crippen LogP contribution in [0.3, 0.4) is 0 Å². The van der Waals surface area contributed by atoms with Gasteiger partial charge in [0.2, 0.25) is 11.8 Å². The van der Waals surface area contributed by atoms with Crippen LogP contribution in [0.1, 0.15) is 24.5 Å². The van der Waals surface area contributed by atoms with Crippen molar-refractivity contribution >= 4 is 28.9 Å². The van der Waals surface area contributed by atoms with Gasteiger partial charge >= 0.3 is 0 Å². The van der Waals surface area contributed by atoms with E-state index in [0.29, 0.717) is 24.5 Å². The molecule has 6 heteroatoms. The summed E-state index contributed by atoms with van der Waals surface area (Å²) in [6, 6.07) is 22.8. The first-order chi connectivity index (χ1) is 15.0. The van der Waals surface area contributed by atoms with Crippen molar-refractivity contribution in [3.05, 3.63) is 83.9 Å². The van der Waals surface area contributed by atoms with Crippen LogP contribution in [0, 0.1) is 6.92 Å². The quantitative estimate of drug-likeness (QED) is 0.459. The summed E-state index contributed by atoms with van der Waals surface area (Å²) in [5.74, 6) is 0.455. The largest absolute Gasteiger partial charge is 0.489 e. The van der Waals surface area contributed by atoms with E-state index < -0.39 is 0 Å². The average Bonchev–Trinajstić information content (AvgIpc) is 2.79. The highest BCUT2D eigenvalue weighted by Gasteiger charge is 2.07. The zero-order valence-electron chi connectivity index (χ0n) is 17.8. The minimum Gasteiger partial charge on any atom is -0.489 e. The molecule has 6 nitrogen and oxygen atoms in total. The second-order valence-electron chi connectivity index (χ2n) is 7.14. The van der Waals surface area contributed by atoms with E-state index in [4.69, 9.17) is 4.74 Å². The minimum absolute atomic E-state index is 0.0487. The van der Waals surface area contributed by atoms with E-state index in [9.17, 15) is 9.59 Å². The number of benzene rings is 3. The van der Waals surface area contributed by atoms with Crippen molar-refractivity contribution < 1.29 is 14.3 Å². The molecule has 3 rings (SSSR count). The third-order valence-electron chi connectivity index (χ3n) is 4.65. The molecule has 0 heterocycles. The molecule has 0 aliphatic rings. The standard InChI is InChI=1S/C25H27N3O3/c1-3-24(29)28-23-15-20(13-12-18(23)2)26-16-25(30)27-21-10-7-11-22(14-21)31-17-19-8-5-4-6-9-19/h4-15,26H,3,16-17H2,1-2H3,(H,27,30)(H,28,29). The van der Waals surface area contributed by atoms with Crippen LogP contribution in [-0.2, 0) is 16.2 Å². The smallest absolute Gasteiger partial charge is 0.243 e. The van der Waals surface area contributed by atoms with Crippen LogP contribution < -0.4 is 20.7 Å². The van der Waals surface area contributed by atoms with Crippen LogP contribution in [0.25, 0.3) is 0 Å². The number of anilines is 3. The maximum atomic E-state index is 12.4. The first-order valence-electron chi connectivity index (χ1n) is 10.2. The molecule has 2 amide bonds. The Bertz CT molecular complexity index is 1040. The number of aryl methyl sites for hydroxylation is 1. The topological polar surface area (TPSA) is 79.5 Å². The van der Waals surface area contributed by atoms with Gasteiger partial charge < -0.3 is 20.7 Å². The van der Waals surface area contributed by atoms with Crippen LogP contribution in [0.4, 0.5) is 17.1 Å². The van der Waals surface area contributed by atoms with Crippen molar-refractivity contribution in [1.29, 1.82) is 0 Å². The lowest BCUT2D eigenvalue weighted by atomic mass is 10.1. The Morgan fingerprint density at radius 3 is 2.42 bits per heavy atom. The SMILES string of the molecule is CCC(=O)Nc1cc(NCC(=O)Nc2cccc(OCc3ccccc3)c2)ccc1C. The van der Waals surface area contributed by atoms with Crippen molar-refractivity contribution in [1.82, 2.24) is 0 Å². The van der Waals surface area contributed by atoms with Crippen LogP contribution in [0.5, 0.6) is 5.75 Å². The van der Waals surface area contributed by atoms with Gasteiger partial charge in [-0.15, -0.1) is 0 Å². The fraction of sp³-hybridized carbons (Fsp3) is 0.200. The summed E-state index contributed by atoms with van der Waals surface area (Å²) >= 11 is 0. The number of amides is 2. The summed E-state index contributed by atoms with van der Waals surface area (Å²) in [6.07, 6.45) is 0.410. The molecule has 0 spiro atoms. The Labute approximate surface area is 182 Å². The summed E-state index contributed by atoms with van der Waals surface area (Å²) in [4.78, 5) is 24.0. The first-order valence-corrected chi connectivity index (χ1v) is 10.2. The molecule has 3 aromatic rings. The number of carbonyl (C=O) groups is 2. The molecule has 0 aliphatic carbocycles. The Kier molecular flexibility index (Phi) is 7.65. The zero-order chi connectivity index (χ0) is 22.1. The second-order valence-corrected chi connectivity index (χ2v) is 7.14. The molecular formula is C25H27N3O3. The summed E-state index contributed by atoms with van der Waals surface area (Å²) in [5, 5.41) is 8.82. The van der Waals surface area contributed by atoms with E-state index in [-0.39, 0.29) is 18.4 Å². The lowest BCUT2D eigenvalue weighted by Crippen LogP contribution is -2.21. The van der Waals surface area contributed by atoms with Crippen LogP contribution in [0.15, 0.2) is 72.8 Å². The Morgan fingerprint density at radius 1 is 0.839 bits per heavy atom. The molecule has 0 radical (unpaired) electrons. The molecule has 3 aromatic carbocycles. The molecule has 3 N–H and O–H groups in total. The Hall–Kier alpha value is -3.80. The molecule has 160 valence electrons. The van der Waals surface area contributed by atoms with Crippen LogP contribution in [-0.4, -0.2) is 18.4 Å². The number of carbonyl (C=O) groups excluding carboxylic acids is 2. The first kappa shape index (κ1) is 21.9. The molecular weight excluding hydrogens is 390 g/mol. The van der Waals surface area contributed by atoms with Gasteiger partial charge in [0.15, 0.2) is 0 Å². The van der Waals surface area contributed by atoms with Gasteiger partial charge in [-0.1, -0.05) is 49.4 Å². The van der Waals surface area contributed by atoms with E-state index in [1.165, 1.54) is 0 Å². The molecule has 0 bridgehead atoms. The van der Waals surface area contributed by atoms with Crippen LogP contribution >= 0.6 is 0 Å². The highest BCUT2D eigenvalue weighted by atomic mass is 16.5. The molecule has 0 aliphatic heterocycles. The summed E-state index contributed by atoms with van der Waals surface area (Å²) in [6.45, 7) is 4.29. The van der Waals surface area contributed by atoms with Crippen molar-refractivity contribution in [2.75, 3.05) is 22.5 Å². The van der Waals surface area contributed by atoms with Gasteiger partial charge in [-0.3, -0.25) is 9.59 Å². The molecule has 0 aromatic heterocycles. The van der Waals surface area contributed by atoms with Crippen LogP contribution in [0.2, 0.25) is 0 Å². The normalized spacial score (nSPS) is 10.3. The summed E-state index contributed by atoms with van der Waals surface area (Å²) in [7, 11) is 0. The van der Waals surface area contributed by atoms with Crippen molar-refractivity contribution in [3.8, 4) is 5.75 Å². The molecule has 0 saturated carbocycles. The molecule has 0 unspecified atom stereocenters. The predicted molar refractivity (Wildman–Crippen MR) is 124 cm³/mol.